The lowest BCUT2D eigenvalue weighted by Gasteiger charge is -1.99. The summed E-state index contributed by atoms with van der Waals surface area (Å²) in [6, 6.07) is 7.28. The summed E-state index contributed by atoms with van der Waals surface area (Å²) in [5, 5.41) is 12.1. The fraction of sp³-hybridized carbons (Fsp3) is 0.167. The van der Waals surface area contributed by atoms with Crippen molar-refractivity contribution < 1.29 is 5.11 Å². The zero-order valence-corrected chi connectivity index (χ0v) is 9.90. The molecule has 78 valence electrons. The molecule has 0 spiro atoms. The monoisotopic (exact) mass is 238 g/mol. The largest absolute Gasteiger partial charge is 0.508 e. The zero-order chi connectivity index (χ0) is 10.8. The molecule has 0 saturated carbocycles. The van der Waals surface area contributed by atoms with E-state index in [0.717, 1.165) is 16.9 Å². The fourth-order valence-electron chi connectivity index (χ4n) is 1.43. The van der Waals surface area contributed by atoms with Gasteiger partial charge in [-0.25, -0.2) is 0 Å². The highest BCUT2D eigenvalue weighted by Crippen LogP contribution is 2.32. The number of halogens is 1. The van der Waals surface area contributed by atoms with Gasteiger partial charge in [0.1, 0.15) is 5.75 Å². The molecular weight excluding hydrogens is 228 g/mol. The zero-order valence-electron chi connectivity index (χ0n) is 8.33. The fourth-order valence-corrected chi connectivity index (χ4v) is 2.64. The number of benzene rings is 1. The van der Waals surface area contributed by atoms with E-state index in [-0.39, 0.29) is 5.75 Å². The van der Waals surface area contributed by atoms with Crippen LogP contribution in [0.15, 0.2) is 29.6 Å². The Morgan fingerprint density at radius 3 is 2.67 bits per heavy atom. The SMILES string of the molecule is CCc1csc(-c2cc(O)cc(Cl)c2)c1. The highest BCUT2D eigenvalue weighted by Gasteiger charge is 2.04. The van der Waals surface area contributed by atoms with Crippen LogP contribution in [0.1, 0.15) is 12.5 Å². The lowest BCUT2D eigenvalue weighted by Crippen LogP contribution is -1.74. The van der Waals surface area contributed by atoms with Crippen LogP contribution in [0.3, 0.4) is 0 Å². The molecule has 0 unspecified atom stereocenters. The molecule has 2 rings (SSSR count). The predicted octanol–water partition coefficient (Wildman–Crippen LogP) is 4.34. The van der Waals surface area contributed by atoms with E-state index in [0.29, 0.717) is 5.02 Å². The Morgan fingerprint density at radius 1 is 1.27 bits per heavy atom. The molecule has 0 radical (unpaired) electrons. The maximum absolute atomic E-state index is 9.44. The number of aromatic hydroxyl groups is 1. The molecular formula is C12H11ClOS. The molecule has 0 saturated heterocycles. The smallest absolute Gasteiger partial charge is 0.117 e. The Morgan fingerprint density at radius 2 is 2.07 bits per heavy atom. The summed E-state index contributed by atoms with van der Waals surface area (Å²) in [6.07, 6.45) is 1.03. The van der Waals surface area contributed by atoms with Crippen LogP contribution in [0, 0.1) is 0 Å². The standard InChI is InChI=1S/C12H11ClOS/c1-2-8-3-12(15-7-8)9-4-10(13)6-11(14)5-9/h3-7,14H,2H2,1H3. The van der Waals surface area contributed by atoms with Gasteiger partial charge in [-0.3, -0.25) is 0 Å². The lowest BCUT2D eigenvalue weighted by atomic mass is 10.1. The third-order valence-corrected chi connectivity index (χ3v) is 3.48. The topological polar surface area (TPSA) is 20.2 Å². The summed E-state index contributed by atoms with van der Waals surface area (Å²) in [4.78, 5) is 1.14. The quantitative estimate of drug-likeness (QED) is 0.825. The highest BCUT2D eigenvalue weighted by molar-refractivity contribution is 7.13. The van der Waals surface area contributed by atoms with Gasteiger partial charge in [0.15, 0.2) is 0 Å². The summed E-state index contributed by atoms with van der Waals surface area (Å²) in [5.41, 5.74) is 2.29. The highest BCUT2D eigenvalue weighted by atomic mass is 35.5. The average molecular weight is 239 g/mol. The third-order valence-electron chi connectivity index (χ3n) is 2.23. The summed E-state index contributed by atoms with van der Waals surface area (Å²) in [5.74, 6) is 0.212. The minimum atomic E-state index is 0.212. The minimum absolute atomic E-state index is 0.212. The number of hydrogen-bond acceptors (Lipinski definition) is 2. The van der Waals surface area contributed by atoms with Crippen molar-refractivity contribution in [1.29, 1.82) is 0 Å². The van der Waals surface area contributed by atoms with Crippen LogP contribution in [0.4, 0.5) is 0 Å². The van der Waals surface area contributed by atoms with E-state index in [1.54, 1.807) is 23.5 Å². The molecule has 2 aromatic rings. The molecule has 0 fully saturated rings. The van der Waals surface area contributed by atoms with Crippen molar-refractivity contribution in [3.63, 3.8) is 0 Å². The van der Waals surface area contributed by atoms with E-state index in [4.69, 9.17) is 11.6 Å². The van der Waals surface area contributed by atoms with Crippen molar-refractivity contribution in [3.8, 4) is 16.2 Å². The van der Waals surface area contributed by atoms with Crippen LogP contribution in [0.25, 0.3) is 10.4 Å². The Balaban J connectivity index is 2.44. The van der Waals surface area contributed by atoms with E-state index in [1.165, 1.54) is 5.56 Å². The van der Waals surface area contributed by atoms with Crippen molar-refractivity contribution in [3.05, 3.63) is 40.2 Å². The molecule has 3 heteroatoms. The minimum Gasteiger partial charge on any atom is -0.508 e. The Labute approximate surface area is 98.0 Å². The molecule has 1 aromatic heterocycles. The van der Waals surface area contributed by atoms with E-state index < -0.39 is 0 Å². The molecule has 0 aliphatic heterocycles. The predicted molar refractivity (Wildman–Crippen MR) is 65.8 cm³/mol. The second kappa shape index (κ2) is 4.25. The number of hydrogen-bond donors (Lipinski definition) is 1. The van der Waals surface area contributed by atoms with Gasteiger partial charge in [-0.2, -0.15) is 0 Å². The molecule has 1 aromatic carbocycles. The van der Waals surface area contributed by atoms with E-state index in [2.05, 4.69) is 18.4 Å². The summed E-state index contributed by atoms with van der Waals surface area (Å²) < 4.78 is 0. The van der Waals surface area contributed by atoms with Crippen LogP contribution >= 0.6 is 22.9 Å². The average Bonchev–Trinajstić information content (AvgIpc) is 2.64. The van der Waals surface area contributed by atoms with Gasteiger partial charge < -0.3 is 5.11 Å². The van der Waals surface area contributed by atoms with Crippen molar-refractivity contribution in [2.75, 3.05) is 0 Å². The molecule has 1 nitrogen and oxygen atoms in total. The summed E-state index contributed by atoms with van der Waals surface area (Å²) >= 11 is 7.56. The van der Waals surface area contributed by atoms with Gasteiger partial charge in [0.2, 0.25) is 0 Å². The van der Waals surface area contributed by atoms with Crippen molar-refractivity contribution in [2.24, 2.45) is 0 Å². The van der Waals surface area contributed by atoms with Crippen molar-refractivity contribution >= 4 is 22.9 Å². The number of rotatable bonds is 2. The Bertz CT molecular complexity index is 456. The van der Waals surface area contributed by atoms with Crippen LogP contribution < -0.4 is 0 Å². The van der Waals surface area contributed by atoms with E-state index in [9.17, 15) is 5.11 Å². The van der Waals surface area contributed by atoms with Crippen molar-refractivity contribution in [2.45, 2.75) is 13.3 Å². The first-order valence-corrected chi connectivity index (χ1v) is 6.02. The molecule has 1 heterocycles. The molecule has 0 bridgehead atoms. The molecule has 0 aliphatic carbocycles. The van der Waals surface area contributed by atoms with Gasteiger partial charge in [-0.05, 0) is 47.2 Å². The van der Waals surface area contributed by atoms with E-state index >= 15 is 0 Å². The summed E-state index contributed by atoms with van der Waals surface area (Å²) in [7, 11) is 0. The van der Waals surface area contributed by atoms with Gasteiger partial charge >= 0.3 is 0 Å². The van der Waals surface area contributed by atoms with Gasteiger partial charge in [0.25, 0.3) is 0 Å². The first-order chi connectivity index (χ1) is 7.19. The van der Waals surface area contributed by atoms with E-state index in [1.807, 2.05) is 6.07 Å². The second-order valence-corrected chi connectivity index (χ2v) is 4.72. The molecule has 0 amide bonds. The molecule has 15 heavy (non-hydrogen) atoms. The molecule has 0 atom stereocenters. The molecule has 1 N–H and O–H groups in total. The number of phenols is 1. The Hall–Kier alpha value is -0.990. The van der Waals surface area contributed by atoms with Crippen LogP contribution in [-0.2, 0) is 6.42 Å². The number of phenolic OH excluding ortho intramolecular Hbond substituents is 1. The van der Waals surface area contributed by atoms with Crippen LogP contribution in [0.2, 0.25) is 5.02 Å². The van der Waals surface area contributed by atoms with Gasteiger partial charge in [-0.1, -0.05) is 18.5 Å². The Kier molecular flexibility index (Phi) is 2.98. The first-order valence-electron chi connectivity index (χ1n) is 4.76. The van der Waals surface area contributed by atoms with Crippen LogP contribution in [0.5, 0.6) is 5.75 Å². The van der Waals surface area contributed by atoms with Gasteiger partial charge in [0, 0.05) is 9.90 Å². The van der Waals surface area contributed by atoms with Gasteiger partial charge in [-0.15, -0.1) is 11.3 Å². The maximum atomic E-state index is 9.44. The number of aryl methyl sites for hydroxylation is 1. The second-order valence-electron chi connectivity index (χ2n) is 3.37. The third kappa shape index (κ3) is 2.33. The maximum Gasteiger partial charge on any atom is 0.117 e. The number of thiophene rings is 1. The first kappa shape index (κ1) is 10.5. The molecule has 0 aliphatic rings. The lowest BCUT2D eigenvalue weighted by molar-refractivity contribution is 0.475. The van der Waals surface area contributed by atoms with Crippen molar-refractivity contribution in [1.82, 2.24) is 0 Å². The normalized spacial score (nSPS) is 10.5. The summed E-state index contributed by atoms with van der Waals surface area (Å²) in [6.45, 7) is 2.13. The van der Waals surface area contributed by atoms with Gasteiger partial charge in [0.05, 0.1) is 0 Å². The van der Waals surface area contributed by atoms with Crippen LogP contribution in [-0.4, -0.2) is 5.11 Å².